The molecule has 0 aliphatic carbocycles. The standard InChI is InChI=1S/C12H16BrN5O6/c1-2-23-12-16-10(22)5(13)4-18(12)11-9(21)8(20)7(19)6(24-11)3-15-17-14/h4,6-9,11,19-21H,2-3H2,1H3/t6-,7-,8+,9-,11-/m1/s1. The lowest BCUT2D eigenvalue weighted by molar-refractivity contribution is -0.243. The molecule has 132 valence electrons. The molecule has 0 radical (unpaired) electrons. The summed E-state index contributed by atoms with van der Waals surface area (Å²) in [5, 5.41) is 33.5. The van der Waals surface area contributed by atoms with Gasteiger partial charge < -0.3 is 24.8 Å². The Morgan fingerprint density at radius 2 is 2.17 bits per heavy atom. The average Bonchev–Trinajstić information content (AvgIpc) is 2.56. The zero-order chi connectivity index (χ0) is 17.9. The molecule has 5 atom stereocenters. The van der Waals surface area contributed by atoms with Crippen LogP contribution in [0, 0.1) is 0 Å². The molecular weight excluding hydrogens is 390 g/mol. The van der Waals surface area contributed by atoms with Crippen LogP contribution in [0.15, 0.2) is 20.6 Å². The summed E-state index contributed by atoms with van der Waals surface area (Å²) in [7, 11) is 0. The minimum absolute atomic E-state index is 0.0916. The Bertz CT molecular complexity index is 693. The SMILES string of the molecule is CCOc1nc(=O)c(Br)cn1[C@@H]1O[C@H](CN=[N+]=[N-])[C@@H](O)[C@H](O)[C@H]1O. The van der Waals surface area contributed by atoms with Crippen LogP contribution in [0.5, 0.6) is 6.01 Å². The topological polar surface area (TPSA) is 163 Å². The van der Waals surface area contributed by atoms with E-state index in [0.29, 0.717) is 0 Å². The maximum atomic E-state index is 11.7. The molecule has 0 bridgehead atoms. The molecule has 0 aromatic carbocycles. The first-order valence-corrected chi connectivity index (χ1v) is 7.82. The molecule has 12 heteroatoms. The van der Waals surface area contributed by atoms with Gasteiger partial charge in [-0.25, -0.2) is 0 Å². The highest BCUT2D eigenvalue weighted by molar-refractivity contribution is 9.10. The third-order valence-corrected chi connectivity index (χ3v) is 3.98. The van der Waals surface area contributed by atoms with Crippen LogP contribution in [-0.2, 0) is 4.74 Å². The van der Waals surface area contributed by atoms with Crippen molar-refractivity contribution in [2.24, 2.45) is 5.11 Å². The van der Waals surface area contributed by atoms with E-state index in [2.05, 4.69) is 30.9 Å². The summed E-state index contributed by atoms with van der Waals surface area (Å²) in [5.41, 5.74) is 7.82. The van der Waals surface area contributed by atoms with Gasteiger partial charge in [0.1, 0.15) is 22.8 Å². The fourth-order valence-corrected chi connectivity index (χ4v) is 2.59. The van der Waals surface area contributed by atoms with Crippen LogP contribution in [0.4, 0.5) is 0 Å². The summed E-state index contributed by atoms with van der Waals surface area (Å²) in [5.74, 6) is 0. The first-order chi connectivity index (χ1) is 11.4. The van der Waals surface area contributed by atoms with Crippen molar-refractivity contribution in [3.63, 3.8) is 0 Å². The Hall–Kier alpha value is -1.69. The Morgan fingerprint density at radius 3 is 2.79 bits per heavy atom. The minimum atomic E-state index is -1.56. The van der Waals surface area contributed by atoms with E-state index in [1.54, 1.807) is 6.92 Å². The van der Waals surface area contributed by atoms with E-state index < -0.39 is 36.2 Å². The Kier molecular flexibility index (Phi) is 6.15. The van der Waals surface area contributed by atoms with E-state index in [1.807, 2.05) is 0 Å². The summed E-state index contributed by atoms with van der Waals surface area (Å²) < 4.78 is 12.1. The molecule has 1 saturated heterocycles. The van der Waals surface area contributed by atoms with Gasteiger partial charge in [-0.1, -0.05) is 5.11 Å². The number of hydrogen-bond donors (Lipinski definition) is 3. The van der Waals surface area contributed by atoms with Gasteiger partial charge in [-0.3, -0.25) is 9.36 Å². The summed E-state index contributed by atoms with van der Waals surface area (Å²) in [6.07, 6.45) is -5.52. The largest absolute Gasteiger partial charge is 0.465 e. The maximum Gasteiger partial charge on any atom is 0.301 e. The number of aliphatic hydroxyl groups excluding tert-OH is 3. The molecule has 1 aliphatic heterocycles. The molecule has 0 saturated carbocycles. The van der Waals surface area contributed by atoms with Crippen LogP contribution in [0.25, 0.3) is 10.4 Å². The van der Waals surface area contributed by atoms with Crippen molar-refractivity contribution in [3.05, 3.63) is 31.5 Å². The van der Waals surface area contributed by atoms with Gasteiger partial charge in [0.2, 0.25) is 0 Å². The lowest BCUT2D eigenvalue weighted by atomic mass is 9.98. The number of azide groups is 1. The highest BCUT2D eigenvalue weighted by atomic mass is 79.9. The third kappa shape index (κ3) is 3.69. The van der Waals surface area contributed by atoms with Gasteiger partial charge >= 0.3 is 6.01 Å². The predicted octanol–water partition coefficient (Wildman–Crippen LogP) is -0.305. The van der Waals surface area contributed by atoms with Crippen molar-refractivity contribution >= 4 is 15.9 Å². The highest BCUT2D eigenvalue weighted by Crippen LogP contribution is 2.31. The fourth-order valence-electron chi connectivity index (χ4n) is 2.28. The van der Waals surface area contributed by atoms with Crippen molar-refractivity contribution in [2.75, 3.05) is 13.2 Å². The Balaban J connectivity index is 2.43. The van der Waals surface area contributed by atoms with Gasteiger partial charge in [0, 0.05) is 11.1 Å². The van der Waals surface area contributed by atoms with Gasteiger partial charge in [0.05, 0.1) is 19.3 Å². The zero-order valence-electron chi connectivity index (χ0n) is 12.6. The van der Waals surface area contributed by atoms with Crippen molar-refractivity contribution in [2.45, 2.75) is 37.6 Å². The summed E-state index contributed by atoms with van der Waals surface area (Å²) in [6.45, 7) is 1.63. The second-order valence-electron chi connectivity index (χ2n) is 4.97. The summed E-state index contributed by atoms with van der Waals surface area (Å²) in [4.78, 5) is 18.0. The van der Waals surface area contributed by atoms with Crippen LogP contribution in [0.1, 0.15) is 13.2 Å². The monoisotopic (exact) mass is 405 g/mol. The second kappa shape index (κ2) is 7.92. The molecule has 3 N–H and O–H groups in total. The molecule has 0 spiro atoms. The molecular formula is C12H16BrN5O6. The van der Waals surface area contributed by atoms with Crippen molar-refractivity contribution < 1.29 is 24.8 Å². The molecule has 2 rings (SSSR count). The van der Waals surface area contributed by atoms with Gasteiger partial charge in [-0.15, -0.1) is 0 Å². The van der Waals surface area contributed by atoms with Crippen LogP contribution in [0.3, 0.4) is 0 Å². The quantitative estimate of drug-likeness (QED) is 0.343. The van der Waals surface area contributed by atoms with Crippen LogP contribution >= 0.6 is 15.9 Å². The smallest absolute Gasteiger partial charge is 0.301 e. The number of ether oxygens (including phenoxy) is 2. The number of nitrogens with zero attached hydrogens (tertiary/aromatic N) is 5. The maximum absolute atomic E-state index is 11.7. The molecule has 1 aromatic rings. The molecule has 0 unspecified atom stereocenters. The van der Waals surface area contributed by atoms with E-state index in [1.165, 1.54) is 10.8 Å². The lowest BCUT2D eigenvalue weighted by Crippen LogP contribution is -2.56. The molecule has 2 heterocycles. The van der Waals surface area contributed by atoms with E-state index in [0.717, 1.165) is 0 Å². The molecule has 1 fully saturated rings. The average molecular weight is 406 g/mol. The fraction of sp³-hybridized carbons (Fsp3) is 0.667. The summed E-state index contributed by atoms with van der Waals surface area (Å²) >= 11 is 3.03. The van der Waals surface area contributed by atoms with Gasteiger partial charge in [-0.05, 0) is 28.4 Å². The van der Waals surface area contributed by atoms with Crippen LogP contribution in [-0.4, -0.2) is 62.4 Å². The first-order valence-electron chi connectivity index (χ1n) is 7.02. The summed E-state index contributed by atoms with van der Waals surface area (Å²) in [6, 6.07) is -0.124. The van der Waals surface area contributed by atoms with E-state index in [9.17, 15) is 20.1 Å². The molecule has 0 amide bonds. The number of rotatable bonds is 5. The number of hydrogen-bond acceptors (Lipinski definition) is 8. The predicted molar refractivity (Wildman–Crippen MR) is 83.3 cm³/mol. The van der Waals surface area contributed by atoms with Crippen molar-refractivity contribution in [1.29, 1.82) is 0 Å². The van der Waals surface area contributed by atoms with E-state index >= 15 is 0 Å². The second-order valence-corrected chi connectivity index (χ2v) is 5.82. The molecule has 11 nitrogen and oxygen atoms in total. The normalized spacial score (nSPS) is 29.8. The Morgan fingerprint density at radius 1 is 1.46 bits per heavy atom. The van der Waals surface area contributed by atoms with Gasteiger partial charge in [-0.2, -0.15) is 4.98 Å². The highest BCUT2D eigenvalue weighted by Gasteiger charge is 2.44. The van der Waals surface area contributed by atoms with E-state index in [-0.39, 0.29) is 23.6 Å². The lowest BCUT2D eigenvalue weighted by Gasteiger charge is -2.41. The molecule has 1 aromatic heterocycles. The third-order valence-electron chi connectivity index (χ3n) is 3.43. The van der Waals surface area contributed by atoms with E-state index in [4.69, 9.17) is 15.0 Å². The Labute approximate surface area is 144 Å². The minimum Gasteiger partial charge on any atom is -0.465 e. The first kappa shape index (κ1) is 18.6. The van der Waals surface area contributed by atoms with Crippen molar-refractivity contribution in [1.82, 2.24) is 9.55 Å². The zero-order valence-corrected chi connectivity index (χ0v) is 14.1. The number of aliphatic hydroxyl groups is 3. The van der Waals surface area contributed by atoms with Crippen LogP contribution < -0.4 is 10.3 Å². The van der Waals surface area contributed by atoms with Crippen LogP contribution in [0.2, 0.25) is 0 Å². The molecule has 1 aliphatic rings. The molecule has 24 heavy (non-hydrogen) atoms. The number of aromatic nitrogens is 2. The van der Waals surface area contributed by atoms with Gasteiger partial charge in [0.25, 0.3) is 5.56 Å². The van der Waals surface area contributed by atoms with Crippen molar-refractivity contribution in [3.8, 4) is 6.01 Å². The number of halogens is 1. The van der Waals surface area contributed by atoms with Gasteiger partial charge in [0.15, 0.2) is 6.23 Å².